The van der Waals surface area contributed by atoms with E-state index >= 15 is 0 Å². The average molecular weight is 1330 g/mol. The van der Waals surface area contributed by atoms with E-state index in [0.29, 0.717) is 112 Å². The van der Waals surface area contributed by atoms with E-state index < -0.39 is 53.1 Å². The van der Waals surface area contributed by atoms with Crippen molar-refractivity contribution in [2.75, 3.05) is 47.8 Å². The third kappa shape index (κ3) is 15.4. The van der Waals surface area contributed by atoms with E-state index in [-0.39, 0.29) is 61.5 Å². The highest BCUT2D eigenvalue weighted by Gasteiger charge is 2.45. The Morgan fingerprint density at radius 3 is 0.989 bits per heavy atom. The molecule has 95 heavy (non-hydrogen) atoms. The molecule has 0 radical (unpaired) electrons. The maximum atomic E-state index is 15.0. The Labute approximate surface area is 562 Å². The lowest BCUT2D eigenvalue weighted by molar-refractivity contribution is -0.141. The van der Waals surface area contributed by atoms with Crippen molar-refractivity contribution in [1.29, 1.82) is 0 Å². The minimum atomic E-state index is -0.774. The quantitative estimate of drug-likeness (QED) is 0.0549. The van der Waals surface area contributed by atoms with Gasteiger partial charge in [-0.1, -0.05) is 166 Å². The summed E-state index contributed by atoms with van der Waals surface area (Å²) in [5.74, 6) is -5.10. The second kappa shape index (κ2) is 31.4. The highest BCUT2D eigenvalue weighted by molar-refractivity contribution is 6.30. The molecule has 0 aromatic heterocycles. The van der Waals surface area contributed by atoms with Crippen molar-refractivity contribution >= 4 is 58.5 Å². The number of methoxy groups -OCH3 is 3. The van der Waals surface area contributed by atoms with Crippen LogP contribution in [0.1, 0.15) is 147 Å². The lowest BCUT2D eigenvalue weighted by atomic mass is 9.67. The second-order valence-corrected chi connectivity index (χ2v) is 25.7. The van der Waals surface area contributed by atoms with E-state index in [9.17, 15) is 41.9 Å². The van der Waals surface area contributed by atoms with Gasteiger partial charge in [0.05, 0.1) is 20.3 Å². The summed E-state index contributed by atoms with van der Waals surface area (Å²) >= 11 is 12.0. The molecule has 6 aliphatic carbocycles. The van der Waals surface area contributed by atoms with Crippen molar-refractivity contribution < 1.29 is 65.6 Å². The van der Waals surface area contributed by atoms with E-state index in [1.54, 1.807) is 54.6 Å². The van der Waals surface area contributed by atoms with Gasteiger partial charge in [-0.15, -0.1) is 0 Å². The Morgan fingerprint density at radius 1 is 0.389 bits per heavy atom. The molecule has 0 spiro atoms. The number of benzene rings is 6. The molecule has 0 fully saturated rings. The Balaban J connectivity index is 0.000000155. The number of carbonyl (C=O) groups is 6. The maximum absolute atomic E-state index is 15.0. The van der Waals surface area contributed by atoms with Gasteiger partial charge in [0.2, 0.25) is 0 Å². The molecular weight excluding hydrogens is 1250 g/mol. The molecule has 6 unspecified atom stereocenters. The van der Waals surface area contributed by atoms with Crippen LogP contribution >= 0.6 is 23.2 Å². The Hall–Kier alpha value is -8.53. The summed E-state index contributed by atoms with van der Waals surface area (Å²) < 4.78 is 70.5. The minimum absolute atomic E-state index is 0.0250. The Morgan fingerprint density at radius 2 is 0.684 bits per heavy atom. The normalized spacial score (nSPS) is 21.0. The van der Waals surface area contributed by atoms with Crippen molar-refractivity contribution in [1.82, 2.24) is 0 Å². The fraction of sp³-hybridized carbons (Fsp3) is 0.316. The first-order valence-corrected chi connectivity index (χ1v) is 32.6. The molecule has 6 aromatic carbocycles. The van der Waals surface area contributed by atoms with Gasteiger partial charge in [-0.2, -0.15) is 0 Å². The monoisotopic (exact) mass is 1330 g/mol. The minimum Gasteiger partial charge on any atom is -0.466 e. The maximum Gasteiger partial charge on any atom is 0.335 e. The Kier molecular flexibility index (Phi) is 22.9. The highest BCUT2D eigenvalue weighted by Crippen LogP contribution is 2.53. The topological polar surface area (TPSA) is 149 Å². The van der Waals surface area contributed by atoms with Crippen LogP contribution in [0.4, 0.5) is 13.2 Å². The SMILES string of the molecule is COC(=O)C1=C(C)CC2=C(C(=O)CC(c3ccc(Cl)cc3)C2)C1c1ccccc1F.COCCOC(=O)C1=C(C)CC2=C(C(=O)CC(c3ccc(Cl)cc3)C2)C1c1ccccc1F.COCCOC(=O)C1=C(C)CC2=C(C(=O)CC(c3ccccc3)C2)C1c1ccccc1F. The van der Waals surface area contributed by atoms with E-state index in [2.05, 4.69) is 0 Å². The Bertz CT molecular complexity index is 4140. The van der Waals surface area contributed by atoms with Gasteiger partial charge in [0.1, 0.15) is 30.7 Å². The number of hydrogen-bond acceptors (Lipinski definition) is 11. The molecule has 0 saturated heterocycles. The summed E-state index contributed by atoms with van der Waals surface area (Å²) in [5, 5.41) is 1.30. The van der Waals surface area contributed by atoms with Crippen molar-refractivity contribution in [2.45, 2.75) is 114 Å². The van der Waals surface area contributed by atoms with Gasteiger partial charge in [0.15, 0.2) is 17.3 Å². The molecule has 12 rings (SSSR count). The molecule has 0 bridgehead atoms. The second-order valence-electron chi connectivity index (χ2n) is 24.9. The van der Waals surface area contributed by atoms with E-state index in [1.807, 2.05) is 99.6 Å². The first-order chi connectivity index (χ1) is 45.8. The van der Waals surface area contributed by atoms with E-state index in [4.69, 9.17) is 46.9 Å². The van der Waals surface area contributed by atoms with Crippen LogP contribution in [0.2, 0.25) is 10.0 Å². The fourth-order valence-electron chi connectivity index (χ4n) is 14.6. The molecule has 0 N–H and O–H groups in total. The van der Waals surface area contributed by atoms with Gasteiger partial charge >= 0.3 is 17.9 Å². The number of hydrogen-bond donors (Lipinski definition) is 0. The van der Waals surface area contributed by atoms with Gasteiger partial charge in [0, 0.05) is 111 Å². The number of Topliss-reactive ketones (excluding diaryl/α,β-unsaturated/α-hetero) is 3. The van der Waals surface area contributed by atoms with E-state index in [0.717, 1.165) is 56.5 Å². The standard InChI is InChI=1S/C27H26ClFO4.C27H27FO4.C25H22ClFO3/c1-16-13-19-14-18(17-7-9-20(28)10-8-17)15-23(30)25(19)26(21-5-3-4-6-22(21)29)24(16)27(31)33-12-11-32-2;1-17-14-20-15-19(18-8-4-3-5-9-18)16-23(29)25(20)26(21-10-6-7-11-22(21)28)24(17)27(30)32-13-12-31-2;1-14-11-17-12-16(15-7-9-18(26)10-8-15)13-21(28)23(17)24(22(14)25(29)30-2)19-5-3-4-6-20(19)27/h3-10,18,26H,11-15H2,1-2H3;3-11,19,26H,12-16H2,1-2H3;3-10,16,24H,11-13H2,1-2H3. The first kappa shape index (κ1) is 69.3. The molecule has 0 aliphatic heterocycles. The summed E-state index contributed by atoms with van der Waals surface area (Å²) in [6.45, 7) is 6.33. The van der Waals surface area contributed by atoms with Crippen molar-refractivity contribution in [3.63, 3.8) is 0 Å². The van der Waals surface area contributed by atoms with Crippen LogP contribution in [-0.2, 0) is 52.5 Å². The molecule has 16 heteroatoms. The third-order valence-electron chi connectivity index (χ3n) is 18.9. The summed E-state index contributed by atoms with van der Waals surface area (Å²) in [4.78, 5) is 79.1. The average Bonchev–Trinajstić information content (AvgIpc) is 0.766. The number of esters is 3. The molecule has 0 amide bonds. The smallest absolute Gasteiger partial charge is 0.335 e. The molecule has 11 nitrogen and oxygen atoms in total. The van der Waals surface area contributed by atoms with Gasteiger partial charge in [0.25, 0.3) is 0 Å². The van der Waals surface area contributed by atoms with Crippen LogP contribution in [0.5, 0.6) is 0 Å². The predicted octanol–water partition coefficient (Wildman–Crippen LogP) is 17.1. The summed E-state index contributed by atoms with van der Waals surface area (Å²) in [6, 6.07) is 44.1. The molecule has 6 atom stereocenters. The van der Waals surface area contributed by atoms with Crippen molar-refractivity contribution in [2.24, 2.45) is 0 Å². The van der Waals surface area contributed by atoms with Gasteiger partial charge in [-0.05, 0) is 136 Å². The molecule has 0 heterocycles. The van der Waals surface area contributed by atoms with Crippen LogP contribution < -0.4 is 0 Å². The van der Waals surface area contributed by atoms with E-state index in [1.165, 1.54) is 39.5 Å². The van der Waals surface area contributed by atoms with Crippen LogP contribution in [-0.4, -0.2) is 83.0 Å². The lowest BCUT2D eigenvalue weighted by Crippen LogP contribution is -2.30. The molecular formula is C79H75Cl2F3O11. The largest absolute Gasteiger partial charge is 0.466 e. The number of ketones is 3. The van der Waals surface area contributed by atoms with Gasteiger partial charge in [-0.3, -0.25) is 14.4 Å². The number of rotatable bonds is 15. The predicted molar refractivity (Wildman–Crippen MR) is 358 cm³/mol. The van der Waals surface area contributed by atoms with Crippen LogP contribution in [0.15, 0.2) is 219 Å². The zero-order valence-corrected chi connectivity index (χ0v) is 55.5. The summed E-state index contributed by atoms with van der Waals surface area (Å²) in [7, 11) is 4.36. The summed E-state index contributed by atoms with van der Waals surface area (Å²) in [6.07, 6.45) is 4.58. The van der Waals surface area contributed by atoms with Crippen molar-refractivity contribution in [3.05, 3.63) is 279 Å². The van der Waals surface area contributed by atoms with Gasteiger partial charge in [-0.25, -0.2) is 27.6 Å². The zero-order chi connectivity index (χ0) is 67.6. The van der Waals surface area contributed by atoms with Crippen LogP contribution in [0, 0.1) is 17.5 Å². The highest BCUT2D eigenvalue weighted by atomic mass is 35.5. The number of halogens is 5. The first-order valence-electron chi connectivity index (χ1n) is 31.9. The van der Waals surface area contributed by atoms with Crippen LogP contribution in [0.3, 0.4) is 0 Å². The molecule has 6 aromatic rings. The molecule has 0 saturated carbocycles. The zero-order valence-electron chi connectivity index (χ0n) is 54.0. The van der Waals surface area contributed by atoms with Gasteiger partial charge < -0.3 is 23.7 Å². The molecule has 6 aliphatic rings. The third-order valence-corrected chi connectivity index (χ3v) is 19.4. The lowest BCUT2D eigenvalue weighted by Gasteiger charge is -2.36. The molecule has 492 valence electrons. The van der Waals surface area contributed by atoms with Crippen molar-refractivity contribution in [3.8, 4) is 0 Å². The number of allylic oxidation sites excluding steroid dienone is 9. The number of carbonyl (C=O) groups excluding carboxylic acids is 6. The number of ether oxygens (including phenoxy) is 5. The fourth-order valence-corrected chi connectivity index (χ4v) is 14.8. The van der Waals surface area contributed by atoms with Crippen LogP contribution in [0.25, 0.3) is 0 Å². The summed E-state index contributed by atoms with van der Waals surface area (Å²) in [5.41, 5.74) is 12.4.